The molecule has 2 heterocycles. The summed E-state index contributed by atoms with van der Waals surface area (Å²) in [5.41, 5.74) is 2.18. The highest BCUT2D eigenvalue weighted by molar-refractivity contribution is 8.01. The van der Waals surface area contributed by atoms with E-state index >= 15 is 0 Å². The summed E-state index contributed by atoms with van der Waals surface area (Å²) in [5.74, 6) is 0.199. The molecule has 2 aromatic carbocycles. The molecule has 2 aromatic heterocycles. The van der Waals surface area contributed by atoms with Gasteiger partial charge in [-0.05, 0) is 24.6 Å². The fraction of sp³-hybridized carbons (Fsp3) is 0.136. The van der Waals surface area contributed by atoms with Crippen molar-refractivity contribution in [3.05, 3.63) is 82.0 Å². The van der Waals surface area contributed by atoms with Gasteiger partial charge in [0.1, 0.15) is 5.58 Å². The smallest absolute Gasteiger partial charge is 0.345 e. The molecule has 0 aliphatic rings. The van der Waals surface area contributed by atoms with E-state index in [4.69, 9.17) is 4.42 Å². The topological polar surface area (TPSA) is 72.2 Å². The molecule has 0 bridgehead atoms. The fourth-order valence-electron chi connectivity index (χ4n) is 2.92. The van der Waals surface area contributed by atoms with E-state index in [1.807, 2.05) is 60.8 Å². The summed E-state index contributed by atoms with van der Waals surface area (Å²) in [7, 11) is 0. The zero-order valence-electron chi connectivity index (χ0n) is 15.6. The SMILES string of the molecule is C[C@@H](NC(=O)CSc1nc(-c2cc3ccccc3oc2=O)cs1)c1ccccc1. The van der Waals surface area contributed by atoms with Crippen LogP contribution < -0.4 is 10.9 Å². The summed E-state index contributed by atoms with van der Waals surface area (Å²) in [4.78, 5) is 29.0. The zero-order chi connectivity index (χ0) is 20.2. The van der Waals surface area contributed by atoms with E-state index in [0.29, 0.717) is 16.8 Å². The maximum Gasteiger partial charge on any atom is 0.345 e. The van der Waals surface area contributed by atoms with E-state index in [0.717, 1.165) is 15.3 Å². The largest absolute Gasteiger partial charge is 0.422 e. The first-order valence-electron chi connectivity index (χ1n) is 9.06. The maximum absolute atomic E-state index is 12.3. The Balaban J connectivity index is 1.41. The van der Waals surface area contributed by atoms with Crippen LogP contribution in [-0.2, 0) is 4.79 Å². The first kappa shape index (κ1) is 19.4. The minimum Gasteiger partial charge on any atom is -0.422 e. The van der Waals surface area contributed by atoms with E-state index in [-0.39, 0.29) is 17.7 Å². The molecular formula is C22H18N2O3S2. The highest BCUT2D eigenvalue weighted by Crippen LogP contribution is 2.28. The van der Waals surface area contributed by atoms with Crippen LogP contribution in [0.3, 0.4) is 0 Å². The van der Waals surface area contributed by atoms with E-state index in [2.05, 4.69) is 10.3 Å². The van der Waals surface area contributed by atoms with E-state index in [1.165, 1.54) is 23.1 Å². The second-order valence-electron chi connectivity index (χ2n) is 6.47. The summed E-state index contributed by atoms with van der Waals surface area (Å²) in [6, 6.07) is 18.9. The lowest BCUT2D eigenvalue weighted by Gasteiger charge is -2.13. The molecule has 5 nitrogen and oxygen atoms in total. The van der Waals surface area contributed by atoms with E-state index < -0.39 is 5.63 Å². The van der Waals surface area contributed by atoms with Crippen LogP contribution in [0.15, 0.2) is 79.6 Å². The van der Waals surface area contributed by atoms with Crippen LogP contribution in [-0.4, -0.2) is 16.6 Å². The van der Waals surface area contributed by atoms with Crippen LogP contribution in [0, 0.1) is 0 Å². The summed E-state index contributed by atoms with van der Waals surface area (Å²) in [6.07, 6.45) is 0. The van der Waals surface area contributed by atoms with Crippen LogP contribution in [0.5, 0.6) is 0 Å². The van der Waals surface area contributed by atoms with E-state index in [9.17, 15) is 9.59 Å². The van der Waals surface area contributed by atoms with Crippen molar-refractivity contribution in [2.75, 3.05) is 5.75 Å². The molecule has 1 atom stereocenters. The lowest BCUT2D eigenvalue weighted by atomic mass is 10.1. The first-order chi connectivity index (χ1) is 14.1. The molecule has 7 heteroatoms. The van der Waals surface area contributed by atoms with Gasteiger partial charge in [-0.25, -0.2) is 9.78 Å². The number of hydrogen-bond acceptors (Lipinski definition) is 6. The van der Waals surface area contributed by atoms with Gasteiger partial charge >= 0.3 is 5.63 Å². The standard InChI is InChI=1S/C22H18N2O3S2/c1-14(15-7-3-2-4-8-15)23-20(25)13-29-22-24-18(12-28-22)17-11-16-9-5-6-10-19(16)27-21(17)26/h2-12,14H,13H2,1H3,(H,23,25)/t14-/m1/s1. The Hall–Kier alpha value is -2.90. The molecule has 0 saturated carbocycles. The third-order valence-corrected chi connectivity index (χ3v) is 6.43. The summed E-state index contributed by atoms with van der Waals surface area (Å²) in [6.45, 7) is 1.96. The molecule has 4 rings (SSSR count). The molecule has 1 amide bonds. The summed E-state index contributed by atoms with van der Waals surface area (Å²) >= 11 is 2.76. The lowest BCUT2D eigenvalue weighted by molar-refractivity contribution is -0.119. The molecule has 0 fully saturated rings. The summed E-state index contributed by atoms with van der Waals surface area (Å²) < 4.78 is 6.11. The van der Waals surface area contributed by atoms with Gasteiger partial charge in [0, 0.05) is 10.8 Å². The van der Waals surface area contributed by atoms with Gasteiger partial charge in [0.2, 0.25) is 5.91 Å². The second-order valence-corrected chi connectivity index (χ2v) is 8.55. The minimum absolute atomic E-state index is 0.0570. The van der Waals surface area contributed by atoms with Crippen LogP contribution in [0.25, 0.3) is 22.2 Å². The molecule has 29 heavy (non-hydrogen) atoms. The van der Waals surface area contributed by atoms with Gasteiger partial charge in [-0.1, -0.05) is 60.3 Å². The monoisotopic (exact) mass is 422 g/mol. The lowest BCUT2D eigenvalue weighted by Crippen LogP contribution is -2.28. The van der Waals surface area contributed by atoms with Gasteiger partial charge in [0.25, 0.3) is 0 Å². The number of fused-ring (bicyclic) bond motifs is 1. The number of thioether (sulfide) groups is 1. The minimum atomic E-state index is -0.417. The van der Waals surface area contributed by atoms with Crippen molar-refractivity contribution in [2.24, 2.45) is 0 Å². The Morgan fingerprint density at radius 2 is 1.93 bits per heavy atom. The number of hydrogen-bond donors (Lipinski definition) is 1. The van der Waals surface area contributed by atoms with Gasteiger partial charge in [-0.3, -0.25) is 4.79 Å². The second kappa shape index (κ2) is 8.63. The predicted molar refractivity (Wildman–Crippen MR) is 117 cm³/mol. The molecule has 0 aliphatic heterocycles. The van der Waals surface area contributed by atoms with Gasteiger partial charge < -0.3 is 9.73 Å². The number of carbonyl (C=O) groups excluding carboxylic acids is 1. The molecule has 1 N–H and O–H groups in total. The van der Waals surface area contributed by atoms with Crippen LogP contribution in [0.1, 0.15) is 18.5 Å². The number of carbonyl (C=O) groups is 1. The number of benzene rings is 2. The number of aromatic nitrogens is 1. The Labute approximate surface area is 175 Å². The van der Waals surface area contributed by atoms with Gasteiger partial charge in [0.05, 0.1) is 23.1 Å². The first-order valence-corrected chi connectivity index (χ1v) is 10.9. The van der Waals surface area contributed by atoms with Crippen molar-refractivity contribution in [1.82, 2.24) is 10.3 Å². The van der Waals surface area contributed by atoms with Crippen LogP contribution >= 0.6 is 23.1 Å². The Morgan fingerprint density at radius 1 is 1.17 bits per heavy atom. The third kappa shape index (κ3) is 4.58. The van der Waals surface area contributed by atoms with Crippen LogP contribution in [0.2, 0.25) is 0 Å². The number of thiazole rings is 1. The molecule has 146 valence electrons. The van der Waals surface area contributed by atoms with Gasteiger partial charge in [-0.2, -0.15) is 0 Å². The fourth-order valence-corrected chi connectivity index (χ4v) is 4.56. The third-order valence-electron chi connectivity index (χ3n) is 4.40. The number of nitrogens with zero attached hydrogens (tertiary/aromatic N) is 1. The average molecular weight is 423 g/mol. The molecule has 0 saturated heterocycles. The Kier molecular flexibility index (Phi) is 5.78. The van der Waals surface area contributed by atoms with Crippen molar-refractivity contribution >= 4 is 40.0 Å². The maximum atomic E-state index is 12.3. The van der Waals surface area contributed by atoms with Crippen molar-refractivity contribution in [3.63, 3.8) is 0 Å². The normalized spacial score (nSPS) is 12.0. The average Bonchev–Trinajstić information content (AvgIpc) is 3.21. The molecule has 0 radical (unpaired) electrons. The van der Waals surface area contributed by atoms with Crippen LogP contribution in [0.4, 0.5) is 0 Å². The van der Waals surface area contributed by atoms with Gasteiger partial charge in [0.15, 0.2) is 4.34 Å². The van der Waals surface area contributed by atoms with Gasteiger partial charge in [-0.15, -0.1) is 11.3 Å². The number of nitrogens with one attached hydrogen (secondary N) is 1. The Morgan fingerprint density at radius 3 is 2.76 bits per heavy atom. The van der Waals surface area contributed by atoms with Crippen molar-refractivity contribution in [3.8, 4) is 11.3 Å². The highest BCUT2D eigenvalue weighted by Gasteiger charge is 2.14. The quantitative estimate of drug-likeness (QED) is 0.354. The van der Waals surface area contributed by atoms with E-state index in [1.54, 1.807) is 12.1 Å². The number of rotatable bonds is 6. The number of amides is 1. The summed E-state index contributed by atoms with van der Waals surface area (Å²) in [5, 5.41) is 5.65. The molecule has 0 spiro atoms. The molecule has 0 unspecified atom stereocenters. The zero-order valence-corrected chi connectivity index (χ0v) is 17.3. The molecule has 0 aliphatic carbocycles. The highest BCUT2D eigenvalue weighted by atomic mass is 32.2. The molecular weight excluding hydrogens is 404 g/mol. The Bertz CT molecular complexity index is 1200. The predicted octanol–water partition coefficient (Wildman–Crippen LogP) is 4.89. The van der Waals surface area contributed by atoms with Crippen molar-refractivity contribution in [1.29, 1.82) is 0 Å². The number of para-hydroxylation sites is 1. The van der Waals surface area contributed by atoms with Crippen molar-refractivity contribution < 1.29 is 9.21 Å². The van der Waals surface area contributed by atoms with Crippen molar-refractivity contribution in [2.45, 2.75) is 17.3 Å². The molecule has 4 aromatic rings.